The average Bonchev–Trinajstić information content (AvgIpc) is 2.80. The van der Waals surface area contributed by atoms with Crippen LogP contribution in [0.25, 0.3) is 0 Å². The summed E-state index contributed by atoms with van der Waals surface area (Å²) in [5.41, 5.74) is 0.0813. The van der Waals surface area contributed by atoms with E-state index < -0.39 is 27.9 Å². The molecule has 33 heavy (non-hydrogen) atoms. The molecule has 0 spiro atoms. The first-order valence-electron chi connectivity index (χ1n) is 9.49. The average molecular weight is 477 g/mol. The second kappa shape index (κ2) is 8.96. The number of nitrogens with zero attached hydrogens (tertiary/aromatic N) is 3. The molecule has 0 radical (unpaired) electrons. The lowest BCUT2D eigenvalue weighted by Gasteiger charge is -2.28. The maximum atomic E-state index is 14.9. The number of anilines is 1. The van der Waals surface area contributed by atoms with Crippen molar-refractivity contribution in [1.29, 1.82) is 0 Å². The normalized spacial score (nSPS) is 13.3. The number of aromatic nitrogens is 2. The van der Waals surface area contributed by atoms with Gasteiger partial charge in [0.05, 0.1) is 18.8 Å². The second-order valence-electron chi connectivity index (χ2n) is 6.81. The molecule has 1 aromatic heterocycles. The van der Waals surface area contributed by atoms with Gasteiger partial charge >= 0.3 is 12.1 Å². The van der Waals surface area contributed by atoms with Crippen molar-refractivity contribution in [2.45, 2.75) is 13.1 Å². The summed E-state index contributed by atoms with van der Waals surface area (Å²) in [6.07, 6.45) is 1.94. The highest BCUT2D eigenvalue weighted by molar-refractivity contribution is 7.90. The molecule has 2 aromatic carbocycles. The number of hydrogen-bond acceptors (Lipinski definition) is 7. The van der Waals surface area contributed by atoms with Crippen molar-refractivity contribution < 1.29 is 31.5 Å². The lowest BCUT2D eigenvalue weighted by molar-refractivity contribution is 0.131. The lowest BCUT2D eigenvalue weighted by atomic mass is 10.1. The van der Waals surface area contributed by atoms with Crippen LogP contribution in [0.15, 0.2) is 48.8 Å². The number of amides is 1. The van der Waals surface area contributed by atoms with Crippen LogP contribution in [-0.2, 0) is 23.3 Å². The number of benzene rings is 2. The first-order chi connectivity index (χ1) is 15.8. The topological polar surface area (TPSA) is 123 Å². The monoisotopic (exact) mass is 477 g/mol. The first kappa shape index (κ1) is 22.4. The van der Waals surface area contributed by atoms with E-state index in [-0.39, 0.29) is 41.8 Å². The number of hydrogen-bond donors (Lipinski definition) is 2. The van der Waals surface area contributed by atoms with Crippen LogP contribution in [0.2, 0.25) is 0 Å². The van der Waals surface area contributed by atoms with E-state index >= 15 is 0 Å². The SMILES string of the molecule is CNS(=O)(=O)Nc1cccc(CN2Cc3ccc(Oc4ncccn4)c(F)c3OC2=O)c1F. The summed E-state index contributed by atoms with van der Waals surface area (Å²) in [5.74, 6) is -2.28. The van der Waals surface area contributed by atoms with E-state index in [1.807, 2.05) is 4.72 Å². The predicted molar refractivity (Wildman–Crippen MR) is 112 cm³/mol. The van der Waals surface area contributed by atoms with Crippen LogP contribution in [0.1, 0.15) is 11.1 Å². The zero-order valence-corrected chi connectivity index (χ0v) is 17.9. The molecule has 13 heteroatoms. The molecule has 4 rings (SSSR count). The highest BCUT2D eigenvalue weighted by atomic mass is 32.2. The molecule has 172 valence electrons. The summed E-state index contributed by atoms with van der Waals surface area (Å²) in [7, 11) is -2.76. The van der Waals surface area contributed by atoms with Gasteiger partial charge in [-0.25, -0.2) is 23.9 Å². The number of nitrogens with one attached hydrogen (secondary N) is 2. The summed E-state index contributed by atoms with van der Waals surface area (Å²) < 4.78 is 67.5. The molecule has 0 unspecified atom stereocenters. The number of carbonyl (C=O) groups excluding carboxylic acids is 1. The fourth-order valence-corrected chi connectivity index (χ4v) is 3.60. The minimum Gasteiger partial charge on any atom is -0.421 e. The molecule has 0 bridgehead atoms. The third-order valence-electron chi connectivity index (χ3n) is 4.65. The van der Waals surface area contributed by atoms with Gasteiger partial charge in [0.15, 0.2) is 17.3 Å². The summed E-state index contributed by atoms with van der Waals surface area (Å²) >= 11 is 0. The molecule has 1 aliphatic rings. The third kappa shape index (κ3) is 4.83. The number of carbonyl (C=O) groups is 1. The third-order valence-corrected chi connectivity index (χ3v) is 5.67. The molecule has 2 N–H and O–H groups in total. The molecular weight excluding hydrogens is 460 g/mol. The number of ether oxygens (including phenoxy) is 2. The Labute approximate surface area is 187 Å². The Kier molecular flexibility index (Phi) is 6.07. The van der Waals surface area contributed by atoms with E-state index in [4.69, 9.17) is 9.47 Å². The molecule has 10 nitrogen and oxygen atoms in total. The number of fused-ring (bicyclic) bond motifs is 1. The Bertz CT molecular complexity index is 1310. The van der Waals surface area contributed by atoms with Gasteiger partial charge in [0.2, 0.25) is 5.82 Å². The fourth-order valence-electron chi connectivity index (χ4n) is 3.05. The van der Waals surface area contributed by atoms with Crippen LogP contribution >= 0.6 is 0 Å². The van der Waals surface area contributed by atoms with E-state index in [2.05, 4.69) is 14.7 Å². The molecule has 0 saturated heterocycles. The smallest absolute Gasteiger partial charge is 0.415 e. The van der Waals surface area contributed by atoms with Gasteiger partial charge in [-0.2, -0.15) is 12.8 Å². The zero-order valence-electron chi connectivity index (χ0n) is 17.1. The quantitative estimate of drug-likeness (QED) is 0.536. The van der Waals surface area contributed by atoms with Crippen molar-refractivity contribution in [1.82, 2.24) is 19.6 Å². The van der Waals surface area contributed by atoms with Gasteiger partial charge in [0.25, 0.3) is 10.2 Å². The molecule has 0 fully saturated rings. The molecule has 0 aliphatic carbocycles. The van der Waals surface area contributed by atoms with Gasteiger partial charge in [0, 0.05) is 30.6 Å². The Morgan fingerprint density at radius 1 is 1.12 bits per heavy atom. The highest BCUT2D eigenvalue weighted by Gasteiger charge is 2.30. The van der Waals surface area contributed by atoms with Crippen molar-refractivity contribution >= 4 is 22.0 Å². The highest BCUT2D eigenvalue weighted by Crippen LogP contribution is 2.36. The van der Waals surface area contributed by atoms with Crippen molar-refractivity contribution in [2.24, 2.45) is 0 Å². The molecule has 0 atom stereocenters. The Balaban J connectivity index is 1.54. The van der Waals surface area contributed by atoms with E-state index in [1.165, 1.54) is 49.8 Å². The largest absolute Gasteiger partial charge is 0.421 e. The standard InChI is InChI=1S/C20H17F2N5O5S/c1-23-33(29,30)26-14-5-2-4-12(16(14)21)10-27-11-13-6-7-15(17(22)18(13)32-20(27)28)31-19-24-8-3-9-25-19/h2-9,23,26H,10-11H2,1H3. The van der Waals surface area contributed by atoms with Crippen LogP contribution in [0.5, 0.6) is 17.5 Å². The van der Waals surface area contributed by atoms with Crippen molar-refractivity contribution in [3.63, 3.8) is 0 Å². The van der Waals surface area contributed by atoms with Crippen LogP contribution in [0, 0.1) is 11.6 Å². The molecule has 1 amide bonds. The minimum absolute atomic E-state index is 0.0355. The Morgan fingerprint density at radius 2 is 1.88 bits per heavy atom. The Hall–Kier alpha value is -3.84. The zero-order chi connectivity index (χ0) is 23.6. The maximum absolute atomic E-state index is 14.9. The molecule has 2 heterocycles. The van der Waals surface area contributed by atoms with Crippen molar-refractivity contribution in [3.05, 3.63) is 71.6 Å². The summed E-state index contributed by atoms with van der Waals surface area (Å²) in [5, 5.41) is 0. The maximum Gasteiger partial charge on any atom is 0.415 e. The predicted octanol–water partition coefficient (Wildman–Crippen LogP) is 2.94. The second-order valence-corrected chi connectivity index (χ2v) is 8.43. The molecule has 3 aromatic rings. The number of halogens is 2. The molecule has 1 aliphatic heterocycles. The van der Waals surface area contributed by atoms with Crippen LogP contribution in [-0.4, -0.2) is 36.4 Å². The molecule has 0 saturated carbocycles. The lowest BCUT2D eigenvalue weighted by Crippen LogP contribution is -2.37. The number of rotatable bonds is 7. The fraction of sp³-hybridized carbons (Fsp3) is 0.150. The van der Waals surface area contributed by atoms with Gasteiger partial charge in [-0.1, -0.05) is 12.1 Å². The molecular formula is C20H17F2N5O5S. The van der Waals surface area contributed by atoms with Gasteiger partial charge in [-0.05, 0) is 24.3 Å². The Morgan fingerprint density at radius 3 is 2.61 bits per heavy atom. The van der Waals surface area contributed by atoms with Crippen molar-refractivity contribution in [2.75, 3.05) is 11.8 Å². The first-order valence-corrected chi connectivity index (χ1v) is 11.0. The van der Waals surface area contributed by atoms with E-state index in [9.17, 15) is 22.0 Å². The summed E-state index contributed by atoms with van der Waals surface area (Å²) in [4.78, 5) is 21.3. The van der Waals surface area contributed by atoms with Gasteiger partial charge in [-0.15, -0.1) is 0 Å². The van der Waals surface area contributed by atoms with E-state index in [0.29, 0.717) is 5.56 Å². The van der Waals surface area contributed by atoms with E-state index in [0.717, 1.165) is 4.90 Å². The summed E-state index contributed by atoms with van der Waals surface area (Å²) in [6.45, 7) is -0.309. The van der Waals surface area contributed by atoms with Gasteiger partial charge < -0.3 is 9.47 Å². The van der Waals surface area contributed by atoms with E-state index in [1.54, 1.807) is 6.07 Å². The van der Waals surface area contributed by atoms with Crippen LogP contribution < -0.4 is 18.9 Å². The van der Waals surface area contributed by atoms with Crippen molar-refractivity contribution in [3.8, 4) is 17.5 Å². The van der Waals surface area contributed by atoms with Gasteiger partial charge in [0.1, 0.15) is 0 Å². The van der Waals surface area contributed by atoms with Crippen LogP contribution in [0.3, 0.4) is 0 Å². The van der Waals surface area contributed by atoms with Gasteiger partial charge in [-0.3, -0.25) is 9.62 Å². The summed E-state index contributed by atoms with van der Waals surface area (Å²) in [6, 6.07) is 8.41. The minimum atomic E-state index is -3.93. The van der Waals surface area contributed by atoms with Crippen LogP contribution in [0.4, 0.5) is 19.3 Å².